The van der Waals surface area contributed by atoms with Crippen molar-refractivity contribution in [2.45, 2.75) is 39.7 Å². The van der Waals surface area contributed by atoms with E-state index < -0.39 is 0 Å². The van der Waals surface area contributed by atoms with Crippen LogP contribution in [0.1, 0.15) is 32.1 Å². The standard InChI is InChI=1S/C13H21N5S/c1-5-8(3)18(4)11-10-7-9(6-2)19-12(10)16-13(15-11)17-14/h7-8H,5-6,14H2,1-4H3,(H,15,16,17). The molecule has 0 amide bonds. The summed E-state index contributed by atoms with van der Waals surface area (Å²) in [5.41, 5.74) is 2.56. The molecule has 0 saturated carbocycles. The summed E-state index contributed by atoms with van der Waals surface area (Å²) < 4.78 is 0. The van der Waals surface area contributed by atoms with Gasteiger partial charge in [-0.3, -0.25) is 5.43 Å². The normalized spacial score (nSPS) is 12.7. The molecule has 0 saturated heterocycles. The molecule has 1 atom stereocenters. The second-order valence-electron chi connectivity index (χ2n) is 4.67. The van der Waals surface area contributed by atoms with Crippen LogP contribution in [0.5, 0.6) is 0 Å². The van der Waals surface area contributed by atoms with E-state index in [-0.39, 0.29) is 0 Å². The molecule has 0 spiro atoms. The van der Waals surface area contributed by atoms with Crippen LogP contribution in [0.2, 0.25) is 0 Å². The van der Waals surface area contributed by atoms with Gasteiger partial charge in [0.25, 0.3) is 0 Å². The molecule has 3 N–H and O–H groups in total. The molecular formula is C13H21N5S. The minimum absolute atomic E-state index is 0.425. The summed E-state index contributed by atoms with van der Waals surface area (Å²) in [4.78, 5) is 13.5. The number of nitrogens with two attached hydrogens (primary N) is 1. The Hall–Kier alpha value is -1.40. The van der Waals surface area contributed by atoms with E-state index in [9.17, 15) is 0 Å². The molecule has 104 valence electrons. The molecule has 0 aromatic carbocycles. The Labute approximate surface area is 117 Å². The maximum atomic E-state index is 5.47. The van der Waals surface area contributed by atoms with Gasteiger partial charge in [0.05, 0.1) is 5.39 Å². The van der Waals surface area contributed by atoms with Gasteiger partial charge >= 0.3 is 0 Å². The zero-order valence-electron chi connectivity index (χ0n) is 11.9. The third-order valence-electron chi connectivity index (χ3n) is 3.49. The van der Waals surface area contributed by atoms with Gasteiger partial charge in [-0.15, -0.1) is 11.3 Å². The number of nitrogen functional groups attached to an aromatic ring is 1. The van der Waals surface area contributed by atoms with Crippen LogP contribution >= 0.6 is 11.3 Å². The molecule has 0 aliphatic carbocycles. The fourth-order valence-electron chi connectivity index (χ4n) is 1.95. The number of nitrogens with zero attached hydrogens (tertiary/aromatic N) is 3. The number of fused-ring (bicyclic) bond motifs is 1. The molecule has 6 heteroatoms. The number of thiophene rings is 1. The topological polar surface area (TPSA) is 67.1 Å². The smallest absolute Gasteiger partial charge is 0.240 e. The Morgan fingerprint density at radius 2 is 2.16 bits per heavy atom. The van der Waals surface area contributed by atoms with Crippen LogP contribution in [-0.2, 0) is 6.42 Å². The fourth-order valence-corrected chi connectivity index (χ4v) is 2.91. The lowest BCUT2D eigenvalue weighted by molar-refractivity contribution is 0.659. The van der Waals surface area contributed by atoms with E-state index >= 15 is 0 Å². The maximum Gasteiger partial charge on any atom is 0.240 e. The van der Waals surface area contributed by atoms with Crippen molar-refractivity contribution in [3.05, 3.63) is 10.9 Å². The SMILES string of the molecule is CCc1cc2c(N(C)C(C)CC)nc(NN)nc2s1. The average Bonchev–Trinajstić information content (AvgIpc) is 2.87. The minimum atomic E-state index is 0.425. The van der Waals surface area contributed by atoms with Gasteiger partial charge in [-0.05, 0) is 25.8 Å². The number of hydrazine groups is 1. The number of rotatable bonds is 5. The van der Waals surface area contributed by atoms with Crippen molar-refractivity contribution in [1.82, 2.24) is 9.97 Å². The monoisotopic (exact) mass is 279 g/mol. The van der Waals surface area contributed by atoms with Gasteiger partial charge in [-0.25, -0.2) is 10.8 Å². The van der Waals surface area contributed by atoms with Crippen molar-refractivity contribution in [3.63, 3.8) is 0 Å². The average molecular weight is 279 g/mol. The van der Waals surface area contributed by atoms with Gasteiger partial charge in [0.15, 0.2) is 0 Å². The predicted molar refractivity (Wildman–Crippen MR) is 82.8 cm³/mol. The first kappa shape index (κ1) is 14.0. The summed E-state index contributed by atoms with van der Waals surface area (Å²) in [5, 5.41) is 1.11. The summed E-state index contributed by atoms with van der Waals surface area (Å²) >= 11 is 1.70. The fraction of sp³-hybridized carbons (Fsp3) is 0.538. The lowest BCUT2D eigenvalue weighted by Gasteiger charge is -2.25. The van der Waals surface area contributed by atoms with Crippen LogP contribution in [0.15, 0.2) is 6.07 Å². The number of hydrogen-bond acceptors (Lipinski definition) is 6. The summed E-state index contributed by atoms with van der Waals surface area (Å²) in [6.07, 6.45) is 2.08. The second kappa shape index (κ2) is 5.71. The largest absolute Gasteiger partial charge is 0.356 e. The minimum Gasteiger partial charge on any atom is -0.356 e. The van der Waals surface area contributed by atoms with Crippen molar-refractivity contribution >= 4 is 33.3 Å². The third-order valence-corrected chi connectivity index (χ3v) is 4.66. The molecule has 0 aliphatic heterocycles. The van der Waals surface area contributed by atoms with Crippen molar-refractivity contribution < 1.29 is 0 Å². The summed E-state index contributed by atoms with van der Waals surface area (Å²) in [6.45, 7) is 6.52. The zero-order valence-corrected chi connectivity index (χ0v) is 12.7. The van der Waals surface area contributed by atoms with Crippen LogP contribution < -0.4 is 16.2 Å². The van der Waals surface area contributed by atoms with Crippen molar-refractivity contribution in [1.29, 1.82) is 0 Å². The summed E-state index contributed by atoms with van der Waals surface area (Å²) in [7, 11) is 2.07. The van der Waals surface area contributed by atoms with Crippen molar-refractivity contribution in [2.24, 2.45) is 5.84 Å². The molecule has 2 aromatic rings. The highest BCUT2D eigenvalue weighted by Crippen LogP contribution is 2.32. The number of aryl methyl sites for hydroxylation is 1. The number of nitrogens with one attached hydrogen (secondary N) is 1. The zero-order chi connectivity index (χ0) is 14.0. The highest BCUT2D eigenvalue weighted by atomic mass is 32.1. The Morgan fingerprint density at radius 1 is 1.42 bits per heavy atom. The molecule has 2 rings (SSSR count). The summed E-state index contributed by atoms with van der Waals surface area (Å²) in [5.74, 6) is 6.89. The molecule has 0 fully saturated rings. The van der Waals surface area contributed by atoms with Crippen LogP contribution in [0.4, 0.5) is 11.8 Å². The van der Waals surface area contributed by atoms with Crippen LogP contribution in [-0.4, -0.2) is 23.1 Å². The molecule has 19 heavy (non-hydrogen) atoms. The lowest BCUT2D eigenvalue weighted by Crippen LogP contribution is -2.29. The van der Waals surface area contributed by atoms with Crippen molar-refractivity contribution in [3.8, 4) is 0 Å². The van der Waals surface area contributed by atoms with E-state index in [2.05, 4.69) is 54.2 Å². The molecule has 0 radical (unpaired) electrons. The predicted octanol–water partition coefficient (Wildman–Crippen LogP) is 2.77. The Kier molecular flexibility index (Phi) is 4.21. The van der Waals surface area contributed by atoms with E-state index in [1.165, 1.54) is 4.88 Å². The molecule has 0 aliphatic rings. The van der Waals surface area contributed by atoms with Gasteiger partial charge in [0, 0.05) is 18.0 Å². The highest BCUT2D eigenvalue weighted by molar-refractivity contribution is 7.18. The van der Waals surface area contributed by atoms with Gasteiger partial charge in [-0.1, -0.05) is 13.8 Å². The molecule has 2 heterocycles. The van der Waals surface area contributed by atoms with E-state index in [1.54, 1.807) is 11.3 Å². The maximum absolute atomic E-state index is 5.47. The molecule has 2 aromatic heterocycles. The Balaban J connectivity index is 2.59. The first-order valence-electron chi connectivity index (χ1n) is 6.60. The van der Waals surface area contributed by atoms with Gasteiger partial charge in [0.2, 0.25) is 5.95 Å². The highest BCUT2D eigenvalue weighted by Gasteiger charge is 2.17. The van der Waals surface area contributed by atoms with Gasteiger partial charge in [0.1, 0.15) is 10.6 Å². The van der Waals surface area contributed by atoms with E-state index in [0.29, 0.717) is 12.0 Å². The Bertz CT molecular complexity index is 565. The lowest BCUT2D eigenvalue weighted by atomic mass is 10.2. The van der Waals surface area contributed by atoms with E-state index in [1.807, 2.05) is 0 Å². The van der Waals surface area contributed by atoms with Gasteiger partial charge in [-0.2, -0.15) is 4.98 Å². The molecule has 0 bridgehead atoms. The number of anilines is 2. The third kappa shape index (κ3) is 2.64. The first-order valence-corrected chi connectivity index (χ1v) is 7.42. The Morgan fingerprint density at radius 3 is 2.74 bits per heavy atom. The molecule has 1 unspecified atom stereocenters. The molecular weight excluding hydrogens is 258 g/mol. The van der Waals surface area contributed by atoms with Crippen LogP contribution in [0.3, 0.4) is 0 Å². The quantitative estimate of drug-likeness (QED) is 0.650. The van der Waals surface area contributed by atoms with E-state index in [0.717, 1.165) is 28.9 Å². The second-order valence-corrected chi connectivity index (χ2v) is 5.78. The molecule has 5 nitrogen and oxygen atoms in total. The van der Waals surface area contributed by atoms with Gasteiger partial charge < -0.3 is 4.90 Å². The number of aromatic nitrogens is 2. The number of hydrogen-bond donors (Lipinski definition) is 2. The van der Waals surface area contributed by atoms with Crippen molar-refractivity contribution in [2.75, 3.05) is 17.4 Å². The van der Waals surface area contributed by atoms with Crippen LogP contribution in [0.25, 0.3) is 10.2 Å². The first-order chi connectivity index (χ1) is 9.10. The summed E-state index contributed by atoms with van der Waals surface area (Å²) in [6, 6.07) is 2.61. The van der Waals surface area contributed by atoms with E-state index in [4.69, 9.17) is 5.84 Å². The van der Waals surface area contributed by atoms with Crippen LogP contribution in [0, 0.1) is 0 Å².